The van der Waals surface area contributed by atoms with Crippen LogP contribution in [-0.4, -0.2) is 5.91 Å². The summed E-state index contributed by atoms with van der Waals surface area (Å²) in [4.78, 5) is 11.1. The lowest BCUT2D eigenvalue weighted by molar-refractivity contribution is -0.119. The van der Waals surface area contributed by atoms with Crippen LogP contribution in [0.2, 0.25) is 0 Å². The Hall–Kier alpha value is -1.83. The van der Waals surface area contributed by atoms with Gasteiger partial charge in [0, 0.05) is 6.92 Å². The smallest absolute Gasteiger partial charge is 0.217 e. The maximum atomic E-state index is 11.1. The summed E-state index contributed by atoms with van der Waals surface area (Å²) >= 11 is 0. The Labute approximate surface area is 95.3 Å². The summed E-state index contributed by atoms with van der Waals surface area (Å²) in [5.74, 6) is 0.000402. The number of carbonyl (C=O) groups excluding carboxylic acids is 1. The minimum atomic E-state index is 0.000402. The number of nitrogens with one attached hydrogen (secondary N) is 1. The minimum Gasteiger partial charge on any atom is -0.350 e. The normalized spacial score (nSPS) is 12.4. The number of fused-ring (bicyclic) bond motifs is 1. The van der Waals surface area contributed by atoms with E-state index in [9.17, 15) is 4.79 Å². The van der Waals surface area contributed by atoms with Gasteiger partial charge < -0.3 is 5.32 Å². The molecule has 82 valence electrons. The number of benzene rings is 2. The molecule has 0 radical (unpaired) electrons. The molecule has 2 aromatic carbocycles. The fourth-order valence-electron chi connectivity index (χ4n) is 2.01. The first-order valence-electron chi connectivity index (χ1n) is 5.43. The van der Waals surface area contributed by atoms with E-state index < -0.39 is 0 Å². The van der Waals surface area contributed by atoms with Crippen molar-refractivity contribution in [2.45, 2.75) is 19.9 Å². The summed E-state index contributed by atoms with van der Waals surface area (Å²) in [7, 11) is 0. The van der Waals surface area contributed by atoms with E-state index in [1.54, 1.807) is 6.92 Å². The number of amides is 1. The molecular formula is C14H15NO. The lowest BCUT2D eigenvalue weighted by Crippen LogP contribution is -2.23. The highest BCUT2D eigenvalue weighted by Gasteiger charge is 2.09. The molecule has 1 atom stereocenters. The van der Waals surface area contributed by atoms with Crippen LogP contribution in [0.3, 0.4) is 0 Å². The van der Waals surface area contributed by atoms with Crippen LogP contribution in [0, 0.1) is 0 Å². The molecule has 16 heavy (non-hydrogen) atoms. The van der Waals surface area contributed by atoms with Crippen molar-refractivity contribution >= 4 is 16.7 Å². The van der Waals surface area contributed by atoms with Crippen molar-refractivity contribution in [3.8, 4) is 0 Å². The van der Waals surface area contributed by atoms with Crippen molar-refractivity contribution in [3.05, 3.63) is 48.0 Å². The quantitative estimate of drug-likeness (QED) is 0.816. The molecule has 0 aromatic heterocycles. The van der Waals surface area contributed by atoms with Crippen molar-refractivity contribution in [1.82, 2.24) is 5.32 Å². The summed E-state index contributed by atoms with van der Waals surface area (Å²) < 4.78 is 0. The fraction of sp³-hybridized carbons (Fsp3) is 0.214. The zero-order chi connectivity index (χ0) is 11.5. The van der Waals surface area contributed by atoms with Gasteiger partial charge in [0.2, 0.25) is 5.91 Å². The Morgan fingerprint density at radius 1 is 1.12 bits per heavy atom. The second kappa shape index (κ2) is 4.35. The number of hydrogen-bond acceptors (Lipinski definition) is 1. The van der Waals surface area contributed by atoms with Crippen molar-refractivity contribution in [3.63, 3.8) is 0 Å². The average Bonchev–Trinajstić information content (AvgIpc) is 2.27. The highest BCUT2D eigenvalue weighted by Crippen LogP contribution is 2.23. The topological polar surface area (TPSA) is 29.1 Å². The molecule has 0 unspecified atom stereocenters. The molecule has 0 saturated carbocycles. The van der Waals surface area contributed by atoms with Crippen LogP contribution in [0.25, 0.3) is 10.8 Å². The Kier molecular flexibility index (Phi) is 2.91. The maximum absolute atomic E-state index is 11.1. The second-order valence-corrected chi connectivity index (χ2v) is 3.99. The van der Waals surface area contributed by atoms with Gasteiger partial charge in [-0.05, 0) is 23.3 Å². The third-order valence-electron chi connectivity index (χ3n) is 2.71. The third-order valence-corrected chi connectivity index (χ3v) is 2.71. The van der Waals surface area contributed by atoms with E-state index in [0.717, 1.165) is 5.56 Å². The zero-order valence-corrected chi connectivity index (χ0v) is 9.53. The molecule has 0 aliphatic heterocycles. The molecule has 0 aliphatic rings. The molecule has 2 rings (SSSR count). The molecule has 0 spiro atoms. The lowest BCUT2D eigenvalue weighted by atomic mass is 10.00. The Morgan fingerprint density at radius 3 is 2.56 bits per heavy atom. The average molecular weight is 213 g/mol. The summed E-state index contributed by atoms with van der Waals surface area (Å²) in [6.45, 7) is 3.55. The van der Waals surface area contributed by atoms with Gasteiger partial charge in [0.1, 0.15) is 0 Å². The van der Waals surface area contributed by atoms with Crippen LogP contribution in [-0.2, 0) is 4.79 Å². The van der Waals surface area contributed by atoms with Gasteiger partial charge in [-0.2, -0.15) is 0 Å². The molecule has 0 bridgehead atoms. The van der Waals surface area contributed by atoms with Gasteiger partial charge in [-0.15, -0.1) is 0 Å². The number of carbonyl (C=O) groups is 1. The first kappa shape index (κ1) is 10.7. The van der Waals surface area contributed by atoms with Crippen LogP contribution in [0.1, 0.15) is 25.5 Å². The molecule has 2 aromatic rings. The molecule has 1 amide bonds. The standard InChI is InChI=1S/C14H15NO/c1-10(15-11(2)16)13-9-5-7-12-6-3-4-8-14(12)13/h3-10H,1-2H3,(H,15,16)/t10-/m1/s1. The van der Waals surface area contributed by atoms with Gasteiger partial charge in [0.25, 0.3) is 0 Å². The lowest BCUT2D eigenvalue weighted by Gasteiger charge is -2.15. The SMILES string of the molecule is CC(=O)N[C@H](C)c1cccc2ccccc12. The zero-order valence-electron chi connectivity index (χ0n) is 9.53. The van der Waals surface area contributed by atoms with Crippen LogP contribution in [0.5, 0.6) is 0 Å². The van der Waals surface area contributed by atoms with Crippen LogP contribution >= 0.6 is 0 Å². The fourth-order valence-corrected chi connectivity index (χ4v) is 2.01. The van der Waals surface area contributed by atoms with Crippen molar-refractivity contribution in [2.24, 2.45) is 0 Å². The molecule has 0 heterocycles. The summed E-state index contributed by atoms with van der Waals surface area (Å²) in [6, 6.07) is 14.4. The molecule has 1 N–H and O–H groups in total. The van der Waals surface area contributed by atoms with Crippen LogP contribution in [0.15, 0.2) is 42.5 Å². The highest BCUT2D eigenvalue weighted by atomic mass is 16.1. The maximum Gasteiger partial charge on any atom is 0.217 e. The Morgan fingerprint density at radius 2 is 1.81 bits per heavy atom. The minimum absolute atomic E-state index is 0.000402. The van der Waals surface area contributed by atoms with Gasteiger partial charge in [-0.3, -0.25) is 4.79 Å². The molecule has 0 aliphatic carbocycles. The second-order valence-electron chi connectivity index (χ2n) is 3.99. The van der Waals surface area contributed by atoms with E-state index in [0.29, 0.717) is 0 Å². The van der Waals surface area contributed by atoms with E-state index in [2.05, 4.69) is 29.6 Å². The summed E-state index contributed by atoms with van der Waals surface area (Å²) in [5.41, 5.74) is 1.16. The van der Waals surface area contributed by atoms with Crippen molar-refractivity contribution in [2.75, 3.05) is 0 Å². The largest absolute Gasteiger partial charge is 0.350 e. The Balaban J connectivity index is 2.47. The Bertz CT molecular complexity index is 514. The predicted octanol–water partition coefficient (Wildman–Crippen LogP) is 3.04. The van der Waals surface area contributed by atoms with Gasteiger partial charge in [0.05, 0.1) is 6.04 Å². The monoisotopic (exact) mass is 213 g/mol. The number of hydrogen-bond donors (Lipinski definition) is 1. The summed E-state index contributed by atoms with van der Waals surface area (Å²) in [6.07, 6.45) is 0. The first-order chi connectivity index (χ1) is 7.68. The summed E-state index contributed by atoms with van der Waals surface area (Å²) in [5, 5.41) is 5.32. The van der Waals surface area contributed by atoms with Crippen LogP contribution < -0.4 is 5.32 Å². The molecule has 2 heteroatoms. The van der Waals surface area contributed by atoms with E-state index in [4.69, 9.17) is 0 Å². The number of rotatable bonds is 2. The van der Waals surface area contributed by atoms with E-state index in [1.165, 1.54) is 10.8 Å². The van der Waals surface area contributed by atoms with E-state index in [-0.39, 0.29) is 11.9 Å². The first-order valence-corrected chi connectivity index (χ1v) is 5.43. The van der Waals surface area contributed by atoms with E-state index in [1.807, 2.05) is 25.1 Å². The van der Waals surface area contributed by atoms with Gasteiger partial charge in [-0.1, -0.05) is 42.5 Å². The third kappa shape index (κ3) is 2.06. The molecule has 0 saturated heterocycles. The van der Waals surface area contributed by atoms with Crippen molar-refractivity contribution in [1.29, 1.82) is 0 Å². The van der Waals surface area contributed by atoms with E-state index >= 15 is 0 Å². The predicted molar refractivity (Wildman–Crippen MR) is 66.2 cm³/mol. The van der Waals surface area contributed by atoms with Gasteiger partial charge in [-0.25, -0.2) is 0 Å². The van der Waals surface area contributed by atoms with Crippen molar-refractivity contribution < 1.29 is 4.79 Å². The molecular weight excluding hydrogens is 198 g/mol. The van der Waals surface area contributed by atoms with Crippen LogP contribution in [0.4, 0.5) is 0 Å². The molecule has 2 nitrogen and oxygen atoms in total. The molecule has 0 fully saturated rings. The van der Waals surface area contributed by atoms with Gasteiger partial charge >= 0.3 is 0 Å². The van der Waals surface area contributed by atoms with Gasteiger partial charge in [0.15, 0.2) is 0 Å². The highest BCUT2D eigenvalue weighted by molar-refractivity contribution is 5.86.